The van der Waals surface area contributed by atoms with Crippen LogP contribution in [-0.2, 0) is 9.53 Å². The molecule has 2 fully saturated rings. The third kappa shape index (κ3) is 2.99. The summed E-state index contributed by atoms with van der Waals surface area (Å²) in [6.07, 6.45) is 5.40. The minimum atomic E-state index is 0.297. The largest absolute Gasteiger partial charge is 0.378 e. The molecule has 4 nitrogen and oxygen atoms in total. The monoisotopic (exact) mass is 240 g/mol. The SMILES string of the molecule is CCOC1CC(CC(=O)N2CCCC2CN)C1. The molecule has 1 aliphatic carbocycles. The van der Waals surface area contributed by atoms with Crippen molar-refractivity contribution in [1.82, 2.24) is 4.90 Å². The number of nitrogens with zero attached hydrogens (tertiary/aromatic N) is 1. The molecule has 98 valence electrons. The van der Waals surface area contributed by atoms with Gasteiger partial charge in [0.1, 0.15) is 0 Å². The Morgan fingerprint density at radius 1 is 1.47 bits per heavy atom. The van der Waals surface area contributed by atoms with Crippen molar-refractivity contribution < 1.29 is 9.53 Å². The molecule has 1 saturated carbocycles. The molecular weight excluding hydrogens is 216 g/mol. The molecule has 1 saturated heterocycles. The van der Waals surface area contributed by atoms with Crippen molar-refractivity contribution in [3.05, 3.63) is 0 Å². The Hall–Kier alpha value is -0.610. The maximum absolute atomic E-state index is 12.1. The van der Waals surface area contributed by atoms with Gasteiger partial charge in [0.25, 0.3) is 0 Å². The van der Waals surface area contributed by atoms with Gasteiger partial charge in [0.15, 0.2) is 0 Å². The van der Waals surface area contributed by atoms with E-state index in [1.165, 1.54) is 0 Å². The second-order valence-electron chi connectivity index (χ2n) is 5.24. The van der Waals surface area contributed by atoms with Gasteiger partial charge in [0.05, 0.1) is 6.10 Å². The van der Waals surface area contributed by atoms with Crippen LogP contribution in [-0.4, -0.2) is 42.6 Å². The van der Waals surface area contributed by atoms with Gasteiger partial charge in [-0.2, -0.15) is 0 Å². The number of amides is 1. The van der Waals surface area contributed by atoms with Gasteiger partial charge in [-0.05, 0) is 38.5 Å². The van der Waals surface area contributed by atoms with Crippen LogP contribution in [0.3, 0.4) is 0 Å². The summed E-state index contributed by atoms with van der Waals surface area (Å²) >= 11 is 0. The number of hydrogen-bond acceptors (Lipinski definition) is 3. The van der Waals surface area contributed by atoms with Gasteiger partial charge >= 0.3 is 0 Å². The minimum absolute atomic E-state index is 0.297. The molecule has 0 spiro atoms. The molecule has 4 heteroatoms. The zero-order valence-corrected chi connectivity index (χ0v) is 10.7. The minimum Gasteiger partial charge on any atom is -0.378 e. The summed E-state index contributed by atoms with van der Waals surface area (Å²) in [7, 11) is 0. The van der Waals surface area contributed by atoms with Gasteiger partial charge in [-0.1, -0.05) is 0 Å². The Bertz CT molecular complexity index is 264. The molecule has 2 rings (SSSR count). The average molecular weight is 240 g/mol. The lowest BCUT2D eigenvalue weighted by Crippen LogP contribution is -2.42. The number of hydrogen-bond donors (Lipinski definition) is 1. The van der Waals surface area contributed by atoms with Gasteiger partial charge in [0.2, 0.25) is 5.91 Å². The van der Waals surface area contributed by atoms with Crippen LogP contribution in [0.2, 0.25) is 0 Å². The third-order valence-electron chi connectivity index (χ3n) is 4.03. The highest BCUT2D eigenvalue weighted by atomic mass is 16.5. The van der Waals surface area contributed by atoms with Crippen molar-refractivity contribution in [2.24, 2.45) is 11.7 Å². The molecule has 0 bridgehead atoms. The van der Waals surface area contributed by atoms with Crippen LogP contribution in [0.4, 0.5) is 0 Å². The molecule has 2 N–H and O–H groups in total. The first-order chi connectivity index (χ1) is 8.24. The van der Waals surface area contributed by atoms with Crippen LogP contribution in [0, 0.1) is 5.92 Å². The zero-order chi connectivity index (χ0) is 12.3. The lowest BCUT2D eigenvalue weighted by atomic mass is 9.79. The fourth-order valence-corrected chi connectivity index (χ4v) is 2.99. The standard InChI is InChI=1S/C13H24N2O2/c1-2-17-12-6-10(7-12)8-13(16)15-5-3-4-11(15)9-14/h10-12H,2-9,14H2,1H3. The summed E-state index contributed by atoms with van der Waals surface area (Å²) in [6, 6.07) is 0.297. The fourth-order valence-electron chi connectivity index (χ4n) is 2.99. The van der Waals surface area contributed by atoms with E-state index in [2.05, 4.69) is 0 Å². The van der Waals surface area contributed by atoms with E-state index in [4.69, 9.17) is 10.5 Å². The van der Waals surface area contributed by atoms with E-state index in [-0.39, 0.29) is 0 Å². The van der Waals surface area contributed by atoms with Crippen molar-refractivity contribution in [2.75, 3.05) is 19.7 Å². The number of carbonyl (C=O) groups excluding carboxylic acids is 1. The van der Waals surface area contributed by atoms with E-state index in [0.29, 0.717) is 36.9 Å². The van der Waals surface area contributed by atoms with Gasteiger partial charge in [-0.15, -0.1) is 0 Å². The van der Waals surface area contributed by atoms with E-state index in [0.717, 1.165) is 38.8 Å². The Morgan fingerprint density at radius 2 is 2.24 bits per heavy atom. The van der Waals surface area contributed by atoms with Crippen molar-refractivity contribution >= 4 is 5.91 Å². The van der Waals surface area contributed by atoms with Gasteiger partial charge < -0.3 is 15.4 Å². The summed E-state index contributed by atoms with van der Waals surface area (Å²) in [5.41, 5.74) is 5.69. The van der Waals surface area contributed by atoms with E-state index < -0.39 is 0 Å². The summed E-state index contributed by atoms with van der Waals surface area (Å²) in [6.45, 7) is 4.32. The van der Waals surface area contributed by atoms with E-state index in [1.54, 1.807) is 0 Å². The van der Waals surface area contributed by atoms with Crippen LogP contribution >= 0.6 is 0 Å². The Labute approximate surface area is 103 Å². The van der Waals surface area contributed by atoms with Gasteiger partial charge in [-0.3, -0.25) is 4.79 Å². The molecule has 0 aromatic heterocycles. The lowest BCUT2D eigenvalue weighted by molar-refractivity contribution is -0.135. The molecule has 2 aliphatic rings. The topological polar surface area (TPSA) is 55.6 Å². The predicted octanol–water partition coefficient (Wildman–Crippen LogP) is 1.14. The Kier molecular flexibility index (Phi) is 4.40. The van der Waals surface area contributed by atoms with Crippen LogP contribution < -0.4 is 5.73 Å². The zero-order valence-electron chi connectivity index (χ0n) is 10.7. The highest BCUT2D eigenvalue weighted by Gasteiger charge is 2.34. The second kappa shape index (κ2) is 5.83. The number of rotatable bonds is 5. The van der Waals surface area contributed by atoms with Crippen LogP contribution in [0.15, 0.2) is 0 Å². The number of likely N-dealkylation sites (tertiary alicyclic amines) is 1. The van der Waals surface area contributed by atoms with Crippen LogP contribution in [0.5, 0.6) is 0 Å². The van der Waals surface area contributed by atoms with Crippen LogP contribution in [0.25, 0.3) is 0 Å². The highest BCUT2D eigenvalue weighted by molar-refractivity contribution is 5.77. The number of ether oxygens (including phenoxy) is 1. The van der Waals surface area contributed by atoms with E-state index in [1.807, 2.05) is 11.8 Å². The second-order valence-corrected chi connectivity index (χ2v) is 5.24. The van der Waals surface area contributed by atoms with Crippen molar-refractivity contribution in [3.63, 3.8) is 0 Å². The van der Waals surface area contributed by atoms with Crippen molar-refractivity contribution in [1.29, 1.82) is 0 Å². The molecule has 1 amide bonds. The van der Waals surface area contributed by atoms with Crippen molar-refractivity contribution in [2.45, 2.75) is 51.2 Å². The molecule has 1 atom stereocenters. The predicted molar refractivity (Wildman–Crippen MR) is 66.5 cm³/mol. The summed E-state index contributed by atoms with van der Waals surface area (Å²) in [5.74, 6) is 0.843. The first-order valence-corrected chi connectivity index (χ1v) is 6.85. The van der Waals surface area contributed by atoms with E-state index >= 15 is 0 Å². The third-order valence-corrected chi connectivity index (χ3v) is 4.03. The van der Waals surface area contributed by atoms with E-state index in [9.17, 15) is 4.79 Å². The molecule has 1 heterocycles. The quantitative estimate of drug-likeness (QED) is 0.784. The van der Waals surface area contributed by atoms with Crippen LogP contribution in [0.1, 0.15) is 39.0 Å². The smallest absolute Gasteiger partial charge is 0.223 e. The maximum atomic E-state index is 12.1. The van der Waals surface area contributed by atoms with Gasteiger partial charge in [-0.25, -0.2) is 0 Å². The van der Waals surface area contributed by atoms with Crippen molar-refractivity contribution in [3.8, 4) is 0 Å². The normalized spacial score (nSPS) is 32.6. The lowest BCUT2D eigenvalue weighted by Gasteiger charge is -2.36. The number of nitrogens with two attached hydrogens (primary N) is 1. The maximum Gasteiger partial charge on any atom is 0.223 e. The first kappa shape index (κ1) is 12.8. The molecule has 0 radical (unpaired) electrons. The molecular formula is C13H24N2O2. The first-order valence-electron chi connectivity index (χ1n) is 6.85. The molecule has 0 aromatic carbocycles. The summed E-state index contributed by atoms with van der Waals surface area (Å²) < 4.78 is 5.51. The Balaban J connectivity index is 1.71. The molecule has 1 unspecified atom stereocenters. The average Bonchev–Trinajstić information content (AvgIpc) is 2.74. The number of carbonyl (C=O) groups is 1. The summed E-state index contributed by atoms with van der Waals surface area (Å²) in [4.78, 5) is 14.1. The molecule has 17 heavy (non-hydrogen) atoms. The Morgan fingerprint density at radius 3 is 2.88 bits per heavy atom. The fraction of sp³-hybridized carbons (Fsp3) is 0.923. The van der Waals surface area contributed by atoms with Gasteiger partial charge in [0, 0.05) is 32.2 Å². The molecule has 1 aliphatic heterocycles. The highest BCUT2D eigenvalue weighted by Crippen LogP contribution is 2.33. The molecule has 0 aromatic rings. The summed E-state index contributed by atoms with van der Waals surface area (Å²) in [5, 5.41) is 0.